The molecule has 3 rings (SSSR count). The van der Waals surface area contributed by atoms with Crippen molar-refractivity contribution in [3.05, 3.63) is 36.4 Å². The predicted octanol–water partition coefficient (Wildman–Crippen LogP) is 0.832. The average molecular weight is 219 g/mol. The first-order valence-electron chi connectivity index (χ1n) is 5.06. The minimum atomic E-state index is -0.454. The van der Waals surface area contributed by atoms with Gasteiger partial charge in [0.25, 0.3) is 0 Å². The van der Waals surface area contributed by atoms with Crippen molar-refractivity contribution in [2.24, 2.45) is 0 Å². The Hall–Kier alpha value is -1.98. The zero-order chi connectivity index (χ0) is 11.0. The molecule has 0 aromatic carbocycles. The molecule has 82 valence electrons. The summed E-state index contributed by atoms with van der Waals surface area (Å²) in [6.07, 6.45) is 3.20. The molecular weight excluding hydrogens is 209 g/mol. The van der Waals surface area contributed by atoms with Gasteiger partial charge in [-0.05, 0) is 6.07 Å². The first-order chi connectivity index (χ1) is 7.83. The van der Waals surface area contributed by atoms with E-state index in [1.165, 1.54) is 12.3 Å². The maximum Gasteiger partial charge on any atom is 0.214 e. The van der Waals surface area contributed by atoms with E-state index in [0.29, 0.717) is 6.54 Å². The molecule has 6 heteroatoms. The number of hydrogen-bond acceptors (Lipinski definition) is 4. The van der Waals surface area contributed by atoms with E-state index in [4.69, 9.17) is 0 Å². The number of rotatable bonds is 1. The van der Waals surface area contributed by atoms with E-state index in [1.54, 1.807) is 12.4 Å². The van der Waals surface area contributed by atoms with E-state index < -0.39 is 5.95 Å². The highest BCUT2D eigenvalue weighted by Gasteiger charge is 2.17. The molecule has 0 radical (unpaired) electrons. The van der Waals surface area contributed by atoms with Gasteiger partial charge >= 0.3 is 0 Å². The summed E-state index contributed by atoms with van der Waals surface area (Å²) in [7, 11) is 0. The highest BCUT2D eigenvalue weighted by Crippen LogP contribution is 2.19. The molecule has 16 heavy (non-hydrogen) atoms. The lowest BCUT2D eigenvalue weighted by molar-refractivity contribution is 0.552. The third kappa shape index (κ3) is 1.52. The van der Waals surface area contributed by atoms with Crippen molar-refractivity contribution in [1.82, 2.24) is 19.7 Å². The number of halogens is 1. The SMILES string of the molecule is Fc1cc(N2CCn3cnnc3C2)ccn1. The summed E-state index contributed by atoms with van der Waals surface area (Å²) in [6.45, 7) is 2.31. The normalized spacial score (nSPS) is 14.9. The topological polar surface area (TPSA) is 46.8 Å². The molecule has 2 aromatic rings. The quantitative estimate of drug-likeness (QED) is 0.666. The van der Waals surface area contributed by atoms with Gasteiger partial charge in [0.15, 0.2) is 5.82 Å². The number of hydrogen-bond donors (Lipinski definition) is 0. The molecule has 0 amide bonds. The molecule has 0 unspecified atom stereocenters. The number of nitrogens with zero attached hydrogens (tertiary/aromatic N) is 5. The van der Waals surface area contributed by atoms with Gasteiger partial charge in [0, 0.05) is 31.0 Å². The van der Waals surface area contributed by atoms with Crippen molar-refractivity contribution in [2.75, 3.05) is 11.4 Å². The summed E-state index contributed by atoms with van der Waals surface area (Å²) in [4.78, 5) is 5.61. The number of fused-ring (bicyclic) bond motifs is 1. The fourth-order valence-corrected chi connectivity index (χ4v) is 1.88. The lowest BCUT2D eigenvalue weighted by atomic mass is 10.3. The van der Waals surface area contributed by atoms with Crippen molar-refractivity contribution >= 4 is 5.69 Å². The molecule has 1 aliphatic rings. The van der Waals surface area contributed by atoms with Gasteiger partial charge in [0.05, 0.1) is 6.54 Å². The fraction of sp³-hybridized carbons (Fsp3) is 0.300. The summed E-state index contributed by atoms with van der Waals surface area (Å²) in [5.41, 5.74) is 0.835. The highest BCUT2D eigenvalue weighted by atomic mass is 19.1. The monoisotopic (exact) mass is 219 g/mol. The zero-order valence-corrected chi connectivity index (χ0v) is 8.54. The van der Waals surface area contributed by atoms with Crippen molar-refractivity contribution in [2.45, 2.75) is 13.1 Å². The van der Waals surface area contributed by atoms with Gasteiger partial charge in [-0.3, -0.25) is 0 Å². The maximum absolute atomic E-state index is 13.0. The Bertz CT molecular complexity index is 509. The van der Waals surface area contributed by atoms with Gasteiger partial charge < -0.3 is 9.47 Å². The summed E-state index contributed by atoms with van der Waals surface area (Å²) >= 11 is 0. The van der Waals surface area contributed by atoms with Crippen molar-refractivity contribution in [3.63, 3.8) is 0 Å². The third-order valence-electron chi connectivity index (χ3n) is 2.71. The van der Waals surface area contributed by atoms with Gasteiger partial charge in [-0.25, -0.2) is 4.98 Å². The van der Waals surface area contributed by atoms with Crippen molar-refractivity contribution in [1.29, 1.82) is 0 Å². The molecule has 0 fully saturated rings. The Labute approximate surface area is 91.5 Å². The van der Waals surface area contributed by atoms with Crippen LogP contribution in [-0.2, 0) is 13.1 Å². The van der Waals surface area contributed by atoms with Gasteiger partial charge in [0.1, 0.15) is 6.33 Å². The highest BCUT2D eigenvalue weighted by molar-refractivity contribution is 5.45. The predicted molar refractivity (Wildman–Crippen MR) is 55.3 cm³/mol. The van der Waals surface area contributed by atoms with Crippen LogP contribution in [0.4, 0.5) is 10.1 Å². The van der Waals surface area contributed by atoms with E-state index in [2.05, 4.69) is 20.1 Å². The molecule has 1 aliphatic heterocycles. The molecule has 0 aliphatic carbocycles. The number of anilines is 1. The Morgan fingerprint density at radius 3 is 3.12 bits per heavy atom. The van der Waals surface area contributed by atoms with Crippen LogP contribution < -0.4 is 4.90 Å². The molecule has 0 spiro atoms. The molecule has 2 aromatic heterocycles. The van der Waals surface area contributed by atoms with Crippen LogP contribution in [0.5, 0.6) is 0 Å². The molecule has 0 bridgehead atoms. The fourth-order valence-electron chi connectivity index (χ4n) is 1.88. The summed E-state index contributed by atoms with van der Waals surface area (Å²) in [6, 6.07) is 3.24. The second kappa shape index (κ2) is 3.55. The average Bonchev–Trinajstić information content (AvgIpc) is 2.75. The molecule has 0 atom stereocenters. The van der Waals surface area contributed by atoms with Gasteiger partial charge in [-0.1, -0.05) is 0 Å². The Balaban J connectivity index is 1.88. The third-order valence-corrected chi connectivity index (χ3v) is 2.71. The zero-order valence-electron chi connectivity index (χ0n) is 8.54. The molecule has 5 nitrogen and oxygen atoms in total. The largest absolute Gasteiger partial charge is 0.362 e. The standard InChI is InChI=1S/C10H10FN5/c11-9-5-8(1-2-12-9)15-3-4-16-7-13-14-10(16)6-15/h1-2,5,7H,3-4,6H2. The molecule has 3 heterocycles. The number of aromatic nitrogens is 4. The van der Waals surface area contributed by atoms with Crippen LogP contribution in [0.3, 0.4) is 0 Å². The van der Waals surface area contributed by atoms with Crippen LogP contribution >= 0.6 is 0 Å². The lowest BCUT2D eigenvalue weighted by Crippen LogP contribution is -2.33. The number of pyridine rings is 1. The smallest absolute Gasteiger partial charge is 0.214 e. The van der Waals surface area contributed by atoms with Crippen LogP contribution in [0.1, 0.15) is 5.82 Å². The molecule has 0 N–H and O–H groups in total. The van der Waals surface area contributed by atoms with Crippen LogP contribution in [-0.4, -0.2) is 26.3 Å². The minimum Gasteiger partial charge on any atom is -0.362 e. The second-order valence-corrected chi connectivity index (χ2v) is 3.70. The summed E-state index contributed by atoms with van der Waals surface area (Å²) in [5, 5.41) is 7.87. The Morgan fingerprint density at radius 2 is 2.25 bits per heavy atom. The summed E-state index contributed by atoms with van der Waals surface area (Å²) in [5.74, 6) is 0.452. The minimum absolute atomic E-state index is 0.454. The first-order valence-corrected chi connectivity index (χ1v) is 5.06. The Kier molecular flexibility index (Phi) is 2.05. The van der Waals surface area contributed by atoms with Crippen LogP contribution in [0.2, 0.25) is 0 Å². The molecular formula is C10H10FN5. The van der Waals surface area contributed by atoms with Gasteiger partial charge in [-0.2, -0.15) is 4.39 Å². The van der Waals surface area contributed by atoms with Gasteiger partial charge in [0.2, 0.25) is 5.95 Å². The van der Waals surface area contributed by atoms with E-state index in [9.17, 15) is 4.39 Å². The van der Waals surface area contributed by atoms with Crippen LogP contribution in [0.15, 0.2) is 24.7 Å². The van der Waals surface area contributed by atoms with Gasteiger partial charge in [-0.15, -0.1) is 10.2 Å². The van der Waals surface area contributed by atoms with Crippen LogP contribution in [0.25, 0.3) is 0 Å². The van der Waals surface area contributed by atoms with E-state index >= 15 is 0 Å². The molecule has 0 saturated carbocycles. The van der Waals surface area contributed by atoms with E-state index in [0.717, 1.165) is 24.6 Å². The van der Waals surface area contributed by atoms with Crippen molar-refractivity contribution < 1.29 is 4.39 Å². The Morgan fingerprint density at radius 1 is 1.31 bits per heavy atom. The second-order valence-electron chi connectivity index (χ2n) is 3.70. The van der Waals surface area contributed by atoms with E-state index in [1.807, 2.05) is 4.57 Å². The van der Waals surface area contributed by atoms with E-state index in [-0.39, 0.29) is 0 Å². The summed E-state index contributed by atoms with van der Waals surface area (Å²) < 4.78 is 15.0. The maximum atomic E-state index is 13.0. The molecule has 0 saturated heterocycles. The van der Waals surface area contributed by atoms with Crippen LogP contribution in [0, 0.1) is 5.95 Å². The van der Waals surface area contributed by atoms with Crippen molar-refractivity contribution in [3.8, 4) is 0 Å². The lowest BCUT2D eigenvalue weighted by Gasteiger charge is -2.28. The first kappa shape index (κ1) is 9.26.